The summed E-state index contributed by atoms with van der Waals surface area (Å²) in [5.41, 5.74) is 4.44. The lowest BCUT2D eigenvalue weighted by Gasteiger charge is -2.25. The standard InChI is InChI=1S/C31H31FN6O4/c1-4-42-17-21-10-7-13-37(21)30(39)23-12-6-11-22(28(23)32)19-8-5-9-20(14-19)38-29(24(15-33-38)31(40)41)27-18(2)26(27)25-16-36(3)35-34-25/h5-6,8-9,11-12,14-16,21,26H,4,7,10,13,17H2,1-3H3,(H,40,41)/t21-,26-/m0/s1. The van der Waals surface area contributed by atoms with E-state index in [2.05, 4.69) is 15.4 Å². The third-order valence-corrected chi connectivity index (χ3v) is 8.02. The number of nitrogens with zero attached hydrogens (tertiary/aromatic N) is 6. The molecule has 1 fully saturated rings. The molecule has 216 valence electrons. The number of allylic oxidation sites excluding steroid dienone is 2. The number of aromatic carboxylic acids is 1. The number of benzene rings is 2. The number of amides is 1. The van der Waals surface area contributed by atoms with E-state index in [1.54, 1.807) is 63.9 Å². The van der Waals surface area contributed by atoms with Crippen LogP contribution in [0, 0.1) is 5.82 Å². The average Bonchev–Trinajstić information content (AvgIpc) is 3.44. The number of carbonyl (C=O) groups is 2. The van der Waals surface area contributed by atoms with E-state index in [1.165, 1.54) is 12.3 Å². The van der Waals surface area contributed by atoms with Crippen molar-refractivity contribution in [2.75, 3.05) is 19.8 Å². The zero-order chi connectivity index (χ0) is 29.5. The third kappa shape index (κ3) is 4.79. The minimum atomic E-state index is -1.10. The fourth-order valence-corrected chi connectivity index (χ4v) is 5.89. The van der Waals surface area contributed by atoms with Crippen LogP contribution in [0.25, 0.3) is 22.4 Å². The quantitative estimate of drug-likeness (QED) is 0.310. The van der Waals surface area contributed by atoms with Crippen LogP contribution < -0.4 is 0 Å². The normalized spacial score (nSPS) is 18.1. The molecule has 10 nitrogen and oxygen atoms in total. The Hall–Kier alpha value is -4.64. The maximum Gasteiger partial charge on any atom is 0.339 e. The van der Waals surface area contributed by atoms with E-state index < -0.39 is 11.8 Å². The van der Waals surface area contributed by atoms with E-state index in [0.717, 1.165) is 29.7 Å². The summed E-state index contributed by atoms with van der Waals surface area (Å²) in [5.74, 6) is -2.21. The number of hydrogen-bond acceptors (Lipinski definition) is 6. The number of ether oxygens (including phenoxy) is 1. The summed E-state index contributed by atoms with van der Waals surface area (Å²) >= 11 is 0. The van der Waals surface area contributed by atoms with E-state index in [0.29, 0.717) is 36.7 Å². The highest BCUT2D eigenvalue weighted by Gasteiger charge is 2.42. The Balaban J connectivity index is 1.35. The van der Waals surface area contributed by atoms with E-state index in [9.17, 15) is 14.7 Å². The van der Waals surface area contributed by atoms with Gasteiger partial charge in [-0.3, -0.25) is 9.48 Å². The SMILES string of the molecule is CCOC[C@@H]1CCCN1C(=O)c1cccc(-c2cccc(-n3ncc(C(=O)O)c3C3=C(C)[C@H]3c3cn(C)nn3)c2)c1F. The summed E-state index contributed by atoms with van der Waals surface area (Å²) in [6.07, 6.45) is 4.81. The van der Waals surface area contributed by atoms with E-state index in [4.69, 9.17) is 4.74 Å². The molecule has 6 rings (SSSR count). The zero-order valence-corrected chi connectivity index (χ0v) is 23.6. The first kappa shape index (κ1) is 27.5. The van der Waals surface area contributed by atoms with Crippen LogP contribution in [0.2, 0.25) is 0 Å². The molecule has 1 saturated heterocycles. The lowest BCUT2D eigenvalue weighted by atomic mass is 10.0. The van der Waals surface area contributed by atoms with Crippen molar-refractivity contribution in [2.24, 2.45) is 7.05 Å². The molecule has 0 radical (unpaired) electrons. The summed E-state index contributed by atoms with van der Waals surface area (Å²) < 4.78 is 24.7. The van der Waals surface area contributed by atoms with Gasteiger partial charge in [0.25, 0.3) is 5.91 Å². The number of aromatic nitrogens is 5. The molecule has 11 heteroatoms. The number of carboxylic acid groups (broad SMARTS) is 1. The van der Waals surface area contributed by atoms with Crippen molar-refractivity contribution in [3.8, 4) is 16.8 Å². The number of aryl methyl sites for hydroxylation is 1. The lowest BCUT2D eigenvalue weighted by molar-refractivity contribution is 0.0560. The molecule has 0 unspecified atom stereocenters. The van der Waals surface area contributed by atoms with Crippen molar-refractivity contribution in [1.29, 1.82) is 0 Å². The second-order valence-corrected chi connectivity index (χ2v) is 10.6. The summed E-state index contributed by atoms with van der Waals surface area (Å²) in [5, 5.41) is 22.6. The topological polar surface area (TPSA) is 115 Å². The van der Waals surface area contributed by atoms with Crippen molar-refractivity contribution >= 4 is 17.4 Å². The van der Waals surface area contributed by atoms with Gasteiger partial charge in [0.1, 0.15) is 11.4 Å². The molecule has 2 aliphatic rings. The van der Waals surface area contributed by atoms with Gasteiger partial charge in [-0.05, 0) is 56.0 Å². The molecule has 0 bridgehead atoms. The van der Waals surface area contributed by atoms with Crippen LogP contribution in [0.3, 0.4) is 0 Å². The molecule has 1 N–H and O–H groups in total. The number of rotatable bonds is 9. The molecule has 0 saturated carbocycles. The first-order chi connectivity index (χ1) is 20.3. The Morgan fingerprint density at radius 1 is 1.17 bits per heavy atom. The van der Waals surface area contributed by atoms with E-state index in [-0.39, 0.29) is 34.6 Å². The summed E-state index contributed by atoms with van der Waals surface area (Å²) in [4.78, 5) is 27.3. The van der Waals surface area contributed by atoms with Crippen LogP contribution in [-0.2, 0) is 11.8 Å². The highest BCUT2D eigenvalue weighted by molar-refractivity contribution is 6.00. The van der Waals surface area contributed by atoms with Crippen LogP contribution >= 0.6 is 0 Å². The van der Waals surface area contributed by atoms with Crippen molar-refractivity contribution in [2.45, 2.75) is 38.6 Å². The minimum absolute atomic E-state index is 0.0137. The Morgan fingerprint density at radius 2 is 1.98 bits per heavy atom. The summed E-state index contributed by atoms with van der Waals surface area (Å²) in [7, 11) is 1.78. The molecule has 2 aromatic carbocycles. The molecular weight excluding hydrogens is 539 g/mol. The van der Waals surface area contributed by atoms with Crippen molar-refractivity contribution in [1.82, 2.24) is 29.7 Å². The largest absolute Gasteiger partial charge is 0.478 e. The van der Waals surface area contributed by atoms with Crippen molar-refractivity contribution in [3.63, 3.8) is 0 Å². The second kappa shape index (κ2) is 11.0. The monoisotopic (exact) mass is 570 g/mol. The fourth-order valence-electron chi connectivity index (χ4n) is 5.89. The van der Waals surface area contributed by atoms with Gasteiger partial charge in [0.05, 0.1) is 47.4 Å². The molecule has 3 heterocycles. The van der Waals surface area contributed by atoms with Gasteiger partial charge in [-0.2, -0.15) is 5.10 Å². The van der Waals surface area contributed by atoms with Crippen LogP contribution in [0.1, 0.15) is 64.7 Å². The van der Waals surface area contributed by atoms with Crippen LogP contribution in [0.4, 0.5) is 4.39 Å². The maximum atomic E-state index is 16.0. The molecule has 42 heavy (non-hydrogen) atoms. The van der Waals surface area contributed by atoms with Crippen molar-refractivity contribution in [3.05, 3.63) is 88.8 Å². The lowest BCUT2D eigenvalue weighted by Crippen LogP contribution is -2.38. The van der Waals surface area contributed by atoms with E-state index >= 15 is 4.39 Å². The first-order valence-corrected chi connectivity index (χ1v) is 14.0. The molecule has 4 aromatic rings. The summed E-state index contributed by atoms with van der Waals surface area (Å²) in [6.45, 7) is 5.40. The Bertz CT molecular complexity index is 1720. The summed E-state index contributed by atoms with van der Waals surface area (Å²) in [6, 6.07) is 11.8. The van der Waals surface area contributed by atoms with Crippen LogP contribution in [-0.4, -0.2) is 72.5 Å². The zero-order valence-electron chi connectivity index (χ0n) is 23.6. The Labute approximate surface area is 242 Å². The maximum absolute atomic E-state index is 16.0. The van der Waals surface area contributed by atoms with Gasteiger partial charge < -0.3 is 14.7 Å². The second-order valence-electron chi connectivity index (χ2n) is 10.6. The van der Waals surface area contributed by atoms with Gasteiger partial charge in [-0.25, -0.2) is 13.9 Å². The highest BCUT2D eigenvalue weighted by Crippen LogP contribution is 2.54. The van der Waals surface area contributed by atoms with Gasteiger partial charge in [0.2, 0.25) is 0 Å². The molecule has 1 aliphatic carbocycles. The first-order valence-electron chi connectivity index (χ1n) is 14.0. The van der Waals surface area contributed by atoms with Crippen molar-refractivity contribution < 1.29 is 23.8 Å². The van der Waals surface area contributed by atoms with Gasteiger partial charge in [0, 0.05) is 32.0 Å². The molecular formula is C31H31FN6O4. The Kier molecular flexibility index (Phi) is 7.19. The Morgan fingerprint density at radius 3 is 2.71 bits per heavy atom. The van der Waals surface area contributed by atoms with Gasteiger partial charge in [-0.15, -0.1) is 5.10 Å². The average molecular weight is 571 g/mol. The number of halogens is 1. The molecule has 2 aromatic heterocycles. The number of hydrogen-bond donors (Lipinski definition) is 1. The third-order valence-electron chi connectivity index (χ3n) is 8.02. The number of carbonyl (C=O) groups excluding carboxylic acids is 1. The highest BCUT2D eigenvalue weighted by atomic mass is 19.1. The van der Waals surface area contributed by atoms with Crippen LogP contribution in [0.5, 0.6) is 0 Å². The molecule has 0 spiro atoms. The molecule has 1 aliphatic heterocycles. The van der Waals surface area contributed by atoms with E-state index in [1.807, 2.05) is 13.8 Å². The minimum Gasteiger partial charge on any atom is -0.478 e. The van der Waals surface area contributed by atoms with Gasteiger partial charge in [-0.1, -0.05) is 35.1 Å². The fraction of sp³-hybridized carbons (Fsp3) is 0.323. The predicted molar refractivity (Wildman–Crippen MR) is 153 cm³/mol. The number of likely N-dealkylation sites (tertiary alicyclic amines) is 1. The molecule has 2 atom stereocenters. The van der Waals surface area contributed by atoms with Crippen LogP contribution in [0.15, 0.2) is 60.4 Å². The predicted octanol–water partition coefficient (Wildman–Crippen LogP) is 4.72. The van der Waals surface area contributed by atoms with Gasteiger partial charge >= 0.3 is 5.97 Å². The number of carboxylic acids is 1. The smallest absolute Gasteiger partial charge is 0.339 e. The molecule has 1 amide bonds. The van der Waals surface area contributed by atoms with Gasteiger partial charge in [0.15, 0.2) is 0 Å².